The van der Waals surface area contributed by atoms with Crippen molar-refractivity contribution in [2.75, 3.05) is 13.2 Å². The van der Waals surface area contributed by atoms with Crippen molar-refractivity contribution < 1.29 is 24.5 Å². The van der Waals surface area contributed by atoms with E-state index in [0.29, 0.717) is 22.1 Å². The van der Waals surface area contributed by atoms with Gasteiger partial charge in [-0.25, -0.2) is 4.79 Å². The monoisotopic (exact) mass is 348 g/mol. The zero-order chi connectivity index (χ0) is 17.4. The Hall–Kier alpha value is -2.50. The maximum atomic E-state index is 10.5. The number of aliphatic carboxylic acids is 1. The van der Waals surface area contributed by atoms with Crippen molar-refractivity contribution in [3.63, 3.8) is 0 Å². The Morgan fingerprint density at radius 1 is 1.08 bits per heavy atom. The summed E-state index contributed by atoms with van der Waals surface area (Å²) >= 11 is 5.78. The number of carbonyl (C=O) groups is 1. The lowest BCUT2D eigenvalue weighted by Crippen LogP contribution is -2.25. The molecule has 0 spiro atoms. The normalized spacial score (nSPS) is 12.1. The van der Waals surface area contributed by atoms with Crippen molar-refractivity contribution in [1.29, 1.82) is 0 Å². The van der Waals surface area contributed by atoms with Crippen molar-refractivity contribution in [1.82, 2.24) is 0 Å². The molecule has 0 aromatic heterocycles. The molecule has 0 bridgehead atoms. The van der Waals surface area contributed by atoms with E-state index in [1.807, 2.05) is 0 Å². The lowest BCUT2D eigenvalue weighted by Gasteiger charge is -2.14. The number of aliphatic hydroxyl groups excluding tert-OH is 1. The Bertz CT molecular complexity index is 697. The highest BCUT2D eigenvalue weighted by atomic mass is 35.5. The summed E-state index contributed by atoms with van der Waals surface area (Å²) in [6.45, 7) is 0.139. The van der Waals surface area contributed by atoms with Gasteiger partial charge < -0.3 is 19.7 Å². The van der Waals surface area contributed by atoms with Crippen LogP contribution in [0.1, 0.15) is 5.56 Å². The van der Waals surface area contributed by atoms with E-state index >= 15 is 0 Å². The Kier molecular flexibility index (Phi) is 6.66. The van der Waals surface area contributed by atoms with Gasteiger partial charge in [-0.3, -0.25) is 0 Å². The summed E-state index contributed by atoms with van der Waals surface area (Å²) < 4.78 is 10.9. The smallest absolute Gasteiger partial charge is 0.328 e. The van der Waals surface area contributed by atoms with Crippen LogP contribution in [0.4, 0.5) is 0 Å². The van der Waals surface area contributed by atoms with Crippen LogP contribution in [-0.4, -0.2) is 35.5 Å². The zero-order valence-corrected chi connectivity index (χ0v) is 13.5. The third-order valence-electron chi connectivity index (χ3n) is 2.97. The first-order chi connectivity index (χ1) is 11.5. The summed E-state index contributed by atoms with van der Waals surface area (Å²) in [5, 5.41) is 19.1. The van der Waals surface area contributed by atoms with Crippen LogP contribution in [0.2, 0.25) is 5.02 Å². The second kappa shape index (κ2) is 8.96. The molecule has 0 fully saturated rings. The van der Waals surface area contributed by atoms with Crippen molar-refractivity contribution in [2.45, 2.75) is 6.10 Å². The van der Waals surface area contributed by atoms with Crippen LogP contribution in [-0.2, 0) is 4.79 Å². The van der Waals surface area contributed by atoms with E-state index in [4.69, 9.17) is 26.2 Å². The predicted molar refractivity (Wildman–Crippen MR) is 91.6 cm³/mol. The number of halogens is 1. The molecule has 126 valence electrons. The van der Waals surface area contributed by atoms with E-state index in [1.165, 1.54) is 6.08 Å². The molecule has 0 aliphatic heterocycles. The van der Waals surface area contributed by atoms with Gasteiger partial charge in [-0.1, -0.05) is 23.7 Å². The van der Waals surface area contributed by atoms with Crippen LogP contribution in [0.3, 0.4) is 0 Å². The van der Waals surface area contributed by atoms with Gasteiger partial charge in [0.2, 0.25) is 0 Å². The van der Waals surface area contributed by atoms with Crippen LogP contribution < -0.4 is 9.47 Å². The molecule has 5 nitrogen and oxygen atoms in total. The zero-order valence-electron chi connectivity index (χ0n) is 12.8. The molecule has 0 radical (unpaired) electrons. The van der Waals surface area contributed by atoms with Crippen molar-refractivity contribution in [3.05, 3.63) is 65.2 Å². The lowest BCUT2D eigenvalue weighted by atomic mass is 10.2. The predicted octanol–water partition coefficient (Wildman–Crippen LogP) is 3.26. The number of aliphatic hydroxyl groups is 1. The fourth-order valence-corrected chi connectivity index (χ4v) is 1.97. The topological polar surface area (TPSA) is 76.0 Å². The highest BCUT2D eigenvalue weighted by molar-refractivity contribution is 6.30. The summed E-state index contributed by atoms with van der Waals surface area (Å²) in [4.78, 5) is 10.5. The standard InChI is InChI=1S/C18H17ClO5/c19-14-5-7-16(8-6-14)23-11-15(20)12-24-17-3-1-2-13(10-17)4-9-18(21)22/h1-10,15,20H,11-12H2,(H,21,22). The summed E-state index contributed by atoms with van der Waals surface area (Å²) in [5.41, 5.74) is 0.696. The van der Waals surface area contributed by atoms with E-state index in [9.17, 15) is 9.90 Å². The molecular weight excluding hydrogens is 332 g/mol. The maximum absolute atomic E-state index is 10.5. The molecule has 2 rings (SSSR count). The molecule has 2 aromatic carbocycles. The first-order valence-electron chi connectivity index (χ1n) is 7.23. The van der Waals surface area contributed by atoms with Crippen LogP contribution in [0.5, 0.6) is 11.5 Å². The Morgan fingerprint density at radius 2 is 1.75 bits per heavy atom. The van der Waals surface area contributed by atoms with Gasteiger partial charge in [-0.2, -0.15) is 0 Å². The SMILES string of the molecule is O=C(O)C=Cc1cccc(OCC(O)COc2ccc(Cl)cc2)c1. The van der Waals surface area contributed by atoms with Crippen LogP contribution in [0.25, 0.3) is 6.08 Å². The van der Waals surface area contributed by atoms with Gasteiger partial charge >= 0.3 is 5.97 Å². The Labute approximate surface area is 144 Å². The van der Waals surface area contributed by atoms with Gasteiger partial charge in [0, 0.05) is 11.1 Å². The van der Waals surface area contributed by atoms with Gasteiger partial charge in [0.15, 0.2) is 0 Å². The molecule has 0 aliphatic rings. The highest BCUT2D eigenvalue weighted by Gasteiger charge is 2.07. The first-order valence-corrected chi connectivity index (χ1v) is 7.61. The van der Waals surface area contributed by atoms with Gasteiger partial charge in [0.25, 0.3) is 0 Å². The summed E-state index contributed by atoms with van der Waals surface area (Å²) in [6, 6.07) is 13.8. The Balaban J connectivity index is 1.80. The molecule has 0 heterocycles. The van der Waals surface area contributed by atoms with E-state index in [-0.39, 0.29) is 13.2 Å². The molecule has 2 aromatic rings. The Morgan fingerprint density at radius 3 is 2.42 bits per heavy atom. The van der Waals surface area contributed by atoms with Gasteiger partial charge in [-0.15, -0.1) is 0 Å². The average Bonchev–Trinajstić information content (AvgIpc) is 2.58. The molecule has 24 heavy (non-hydrogen) atoms. The summed E-state index contributed by atoms with van der Waals surface area (Å²) in [7, 11) is 0. The van der Waals surface area contributed by atoms with Crippen LogP contribution in [0.15, 0.2) is 54.6 Å². The summed E-state index contributed by atoms with van der Waals surface area (Å²) in [5.74, 6) is 0.128. The molecule has 2 N–H and O–H groups in total. The van der Waals surface area contributed by atoms with Gasteiger partial charge in [0.1, 0.15) is 30.8 Å². The number of hydrogen-bond donors (Lipinski definition) is 2. The molecule has 0 saturated heterocycles. The number of ether oxygens (including phenoxy) is 2. The van der Waals surface area contributed by atoms with E-state index < -0.39 is 12.1 Å². The second-order valence-electron chi connectivity index (χ2n) is 4.97. The molecular formula is C18H17ClO5. The number of benzene rings is 2. The van der Waals surface area contributed by atoms with Crippen LogP contribution in [0, 0.1) is 0 Å². The average molecular weight is 349 g/mol. The maximum Gasteiger partial charge on any atom is 0.328 e. The van der Waals surface area contributed by atoms with Crippen molar-refractivity contribution in [3.8, 4) is 11.5 Å². The number of rotatable bonds is 8. The number of hydrogen-bond acceptors (Lipinski definition) is 4. The summed E-state index contributed by atoms with van der Waals surface area (Å²) in [6.07, 6.45) is 1.71. The van der Waals surface area contributed by atoms with Gasteiger partial charge in [0.05, 0.1) is 0 Å². The number of carboxylic acid groups (broad SMARTS) is 1. The minimum atomic E-state index is -1.02. The minimum absolute atomic E-state index is 0.0552. The molecule has 0 aliphatic carbocycles. The fourth-order valence-electron chi connectivity index (χ4n) is 1.84. The largest absolute Gasteiger partial charge is 0.491 e. The number of carboxylic acids is 1. The van der Waals surface area contributed by atoms with Gasteiger partial charge in [-0.05, 0) is 48.0 Å². The fraction of sp³-hybridized carbons (Fsp3) is 0.167. The van der Waals surface area contributed by atoms with E-state index in [2.05, 4.69) is 0 Å². The molecule has 1 unspecified atom stereocenters. The molecule has 0 amide bonds. The third kappa shape index (κ3) is 6.32. The molecule has 6 heteroatoms. The highest BCUT2D eigenvalue weighted by Crippen LogP contribution is 2.17. The van der Waals surface area contributed by atoms with Crippen molar-refractivity contribution >= 4 is 23.6 Å². The van der Waals surface area contributed by atoms with E-state index in [1.54, 1.807) is 48.5 Å². The lowest BCUT2D eigenvalue weighted by molar-refractivity contribution is -0.131. The van der Waals surface area contributed by atoms with E-state index in [0.717, 1.165) is 6.08 Å². The van der Waals surface area contributed by atoms with Crippen molar-refractivity contribution in [2.24, 2.45) is 0 Å². The van der Waals surface area contributed by atoms with Crippen LogP contribution >= 0.6 is 11.6 Å². The molecule has 1 atom stereocenters. The third-order valence-corrected chi connectivity index (χ3v) is 3.23. The molecule has 0 saturated carbocycles. The minimum Gasteiger partial charge on any atom is -0.491 e. The quantitative estimate of drug-likeness (QED) is 0.716. The first kappa shape index (κ1) is 17.8. The second-order valence-corrected chi connectivity index (χ2v) is 5.41.